The van der Waals surface area contributed by atoms with Crippen LogP contribution in [0.15, 0.2) is 40.6 Å². The van der Waals surface area contributed by atoms with Gasteiger partial charge < -0.3 is 5.32 Å². The molecule has 0 unspecified atom stereocenters. The van der Waals surface area contributed by atoms with Crippen LogP contribution in [0, 0.1) is 5.92 Å². The molecule has 1 fully saturated rings. The molecule has 4 rings (SSSR count). The quantitative estimate of drug-likeness (QED) is 0.803. The van der Waals surface area contributed by atoms with Crippen LogP contribution in [-0.2, 0) is 11.2 Å². The predicted molar refractivity (Wildman–Crippen MR) is 102 cm³/mol. The number of hydrogen-bond acceptors (Lipinski definition) is 4. The van der Waals surface area contributed by atoms with Gasteiger partial charge in [-0.05, 0) is 60.6 Å². The van der Waals surface area contributed by atoms with E-state index in [4.69, 9.17) is 0 Å². The molecule has 24 heavy (non-hydrogen) atoms. The molecule has 1 aromatic heterocycles. The van der Waals surface area contributed by atoms with Gasteiger partial charge in [0.1, 0.15) is 0 Å². The van der Waals surface area contributed by atoms with Crippen molar-refractivity contribution >= 4 is 34.7 Å². The molecule has 1 aromatic carbocycles. The Kier molecular flexibility index (Phi) is 4.66. The van der Waals surface area contributed by atoms with Gasteiger partial charge in [-0.15, -0.1) is 23.1 Å². The van der Waals surface area contributed by atoms with Crippen molar-refractivity contribution in [1.82, 2.24) is 4.90 Å². The number of thioether (sulfide) groups is 1. The van der Waals surface area contributed by atoms with Gasteiger partial charge in [0.05, 0.1) is 12.2 Å². The van der Waals surface area contributed by atoms with Gasteiger partial charge in [0, 0.05) is 22.4 Å². The zero-order chi connectivity index (χ0) is 16.5. The van der Waals surface area contributed by atoms with Gasteiger partial charge in [-0.25, -0.2) is 0 Å². The second-order valence-electron chi connectivity index (χ2n) is 6.55. The number of amides is 1. The van der Waals surface area contributed by atoms with Crippen LogP contribution >= 0.6 is 23.1 Å². The normalized spacial score (nSPS) is 20.6. The Labute approximate surface area is 151 Å². The number of benzene rings is 1. The van der Waals surface area contributed by atoms with Crippen LogP contribution in [-0.4, -0.2) is 30.2 Å². The number of nitrogens with zero attached hydrogens (tertiary/aromatic N) is 1. The Balaban J connectivity index is 1.47. The van der Waals surface area contributed by atoms with E-state index in [-0.39, 0.29) is 5.91 Å². The molecule has 1 aliphatic heterocycles. The Morgan fingerprint density at radius 1 is 1.33 bits per heavy atom. The second kappa shape index (κ2) is 6.90. The van der Waals surface area contributed by atoms with Crippen LogP contribution < -0.4 is 5.32 Å². The maximum Gasteiger partial charge on any atom is 0.238 e. The number of anilines is 1. The third-order valence-electron chi connectivity index (χ3n) is 4.91. The molecule has 1 aliphatic carbocycles. The van der Waals surface area contributed by atoms with E-state index in [1.165, 1.54) is 23.3 Å². The van der Waals surface area contributed by atoms with Gasteiger partial charge in [0.15, 0.2) is 0 Å². The van der Waals surface area contributed by atoms with Gasteiger partial charge in [-0.2, -0.15) is 0 Å². The average Bonchev–Trinajstić information content (AvgIpc) is 3.31. The molecule has 0 bridgehead atoms. The fourth-order valence-corrected chi connectivity index (χ4v) is 5.13. The molecule has 1 atom stereocenters. The van der Waals surface area contributed by atoms with Crippen molar-refractivity contribution in [2.24, 2.45) is 5.92 Å². The lowest BCUT2D eigenvalue weighted by atomic mass is 9.96. The van der Waals surface area contributed by atoms with Crippen molar-refractivity contribution in [1.29, 1.82) is 0 Å². The van der Waals surface area contributed by atoms with Gasteiger partial charge >= 0.3 is 0 Å². The lowest BCUT2D eigenvalue weighted by Crippen LogP contribution is -2.41. The molecule has 3 nitrogen and oxygen atoms in total. The first-order chi connectivity index (χ1) is 11.8. The van der Waals surface area contributed by atoms with Crippen molar-refractivity contribution in [2.75, 3.05) is 24.7 Å². The summed E-state index contributed by atoms with van der Waals surface area (Å²) in [6, 6.07) is 10.7. The standard InChI is InChI=1S/C19H22N2OS2/c1-23-17-5-3-2-4-15(17)20-18(22)12-21-10-8-16-14(9-11-24-16)19(21)13-6-7-13/h2-5,9,11,13,19H,6-8,10,12H2,1H3,(H,20,22)/t19-/m0/s1. The Hall–Kier alpha value is -1.30. The molecule has 5 heteroatoms. The molecule has 0 radical (unpaired) electrons. The number of carbonyl (C=O) groups is 1. The lowest BCUT2D eigenvalue weighted by Gasteiger charge is -2.35. The summed E-state index contributed by atoms with van der Waals surface area (Å²) in [7, 11) is 0. The minimum atomic E-state index is 0.0980. The highest BCUT2D eigenvalue weighted by atomic mass is 32.2. The molecule has 2 aliphatic rings. The maximum atomic E-state index is 12.6. The van der Waals surface area contributed by atoms with Gasteiger partial charge in [0.25, 0.3) is 0 Å². The van der Waals surface area contributed by atoms with E-state index in [1.807, 2.05) is 41.9 Å². The Morgan fingerprint density at radius 2 is 2.17 bits per heavy atom. The summed E-state index contributed by atoms with van der Waals surface area (Å²) in [5.41, 5.74) is 2.40. The lowest BCUT2D eigenvalue weighted by molar-refractivity contribution is -0.118. The van der Waals surface area contributed by atoms with E-state index in [0.717, 1.165) is 29.5 Å². The summed E-state index contributed by atoms with van der Waals surface area (Å²) in [6.45, 7) is 1.48. The first-order valence-corrected chi connectivity index (χ1v) is 10.6. The molecule has 126 valence electrons. The smallest absolute Gasteiger partial charge is 0.238 e. The summed E-state index contributed by atoms with van der Waals surface area (Å²) in [6.07, 6.45) is 5.71. The number of para-hydroxylation sites is 1. The molecule has 1 N–H and O–H groups in total. The molecule has 2 heterocycles. The minimum absolute atomic E-state index is 0.0980. The summed E-state index contributed by atoms with van der Waals surface area (Å²) < 4.78 is 0. The van der Waals surface area contributed by atoms with E-state index in [1.54, 1.807) is 11.8 Å². The van der Waals surface area contributed by atoms with Crippen LogP contribution in [0.25, 0.3) is 0 Å². The van der Waals surface area contributed by atoms with Gasteiger partial charge in [-0.3, -0.25) is 9.69 Å². The number of hydrogen-bond donors (Lipinski definition) is 1. The molecule has 0 spiro atoms. The van der Waals surface area contributed by atoms with E-state index >= 15 is 0 Å². The Bertz CT molecular complexity index is 738. The van der Waals surface area contributed by atoms with E-state index < -0.39 is 0 Å². The first kappa shape index (κ1) is 16.2. The largest absolute Gasteiger partial charge is 0.324 e. The van der Waals surface area contributed by atoms with Crippen LogP contribution in [0.3, 0.4) is 0 Å². The zero-order valence-corrected chi connectivity index (χ0v) is 15.5. The van der Waals surface area contributed by atoms with E-state index in [2.05, 4.69) is 21.7 Å². The summed E-state index contributed by atoms with van der Waals surface area (Å²) in [4.78, 5) is 17.7. The van der Waals surface area contributed by atoms with Crippen LogP contribution in [0.1, 0.15) is 29.3 Å². The highest BCUT2D eigenvalue weighted by molar-refractivity contribution is 7.98. The van der Waals surface area contributed by atoms with Crippen LogP contribution in [0.4, 0.5) is 5.69 Å². The van der Waals surface area contributed by atoms with Crippen molar-refractivity contribution in [3.63, 3.8) is 0 Å². The van der Waals surface area contributed by atoms with Gasteiger partial charge in [0.2, 0.25) is 5.91 Å². The Morgan fingerprint density at radius 3 is 2.96 bits per heavy atom. The number of fused-ring (bicyclic) bond motifs is 1. The number of carbonyl (C=O) groups excluding carboxylic acids is 1. The fraction of sp³-hybridized carbons (Fsp3) is 0.421. The van der Waals surface area contributed by atoms with Gasteiger partial charge in [-0.1, -0.05) is 12.1 Å². The third kappa shape index (κ3) is 3.25. The van der Waals surface area contributed by atoms with Crippen molar-refractivity contribution in [3.8, 4) is 0 Å². The second-order valence-corrected chi connectivity index (χ2v) is 8.40. The van der Waals surface area contributed by atoms with Crippen molar-refractivity contribution < 1.29 is 4.79 Å². The first-order valence-electron chi connectivity index (χ1n) is 8.49. The molecular formula is C19H22N2OS2. The zero-order valence-electron chi connectivity index (χ0n) is 13.8. The fourth-order valence-electron chi connectivity index (χ4n) is 3.66. The molecule has 1 amide bonds. The van der Waals surface area contributed by atoms with Crippen LogP contribution in [0.5, 0.6) is 0 Å². The highest BCUT2D eigenvalue weighted by Crippen LogP contribution is 2.48. The summed E-state index contributed by atoms with van der Waals surface area (Å²) in [5, 5.41) is 5.31. The summed E-state index contributed by atoms with van der Waals surface area (Å²) >= 11 is 3.54. The monoisotopic (exact) mass is 358 g/mol. The van der Waals surface area contributed by atoms with E-state index in [9.17, 15) is 4.79 Å². The molecular weight excluding hydrogens is 336 g/mol. The van der Waals surface area contributed by atoms with E-state index in [0.29, 0.717) is 12.6 Å². The minimum Gasteiger partial charge on any atom is -0.324 e. The highest BCUT2D eigenvalue weighted by Gasteiger charge is 2.40. The SMILES string of the molecule is CSc1ccccc1NC(=O)CN1CCc2sccc2[C@@H]1C1CC1. The average molecular weight is 359 g/mol. The molecule has 1 saturated carbocycles. The summed E-state index contributed by atoms with van der Waals surface area (Å²) in [5.74, 6) is 0.839. The van der Waals surface area contributed by atoms with Crippen molar-refractivity contribution in [2.45, 2.75) is 30.2 Å². The predicted octanol–water partition coefficient (Wildman–Crippen LogP) is 4.42. The number of rotatable bonds is 5. The topological polar surface area (TPSA) is 32.3 Å². The van der Waals surface area contributed by atoms with Crippen LogP contribution in [0.2, 0.25) is 0 Å². The molecule has 2 aromatic rings. The number of thiophene rings is 1. The molecule has 0 saturated heterocycles. The number of nitrogens with one attached hydrogen (secondary N) is 1. The maximum absolute atomic E-state index is 12.6. The van der Waals surface area contributed by atoms with Crippen molar-refractivity contribution in [3.05, 3.63) is 46.2 Å². The third-order valence-corrected chi connectivity index (χ3v) is 6.71.